The van der Waals surface area contributed by atoms with E-state index in [9.17, 15) is 19.5 Å². The van der Waals surface area contributed by atoms with Gasteiger partial charge in [0.1, 0.15) is 11.3 Å². The molecule has 2 rings (SSSR count). The number of rotatable bonds is 2. The van der Waals surface area contributed by atoms with E-state index in [1.165, 1.54) is 32.0 Å². The van der Waals surface area contributed by atoms with Crippen molar-refractivity contribution in [2.45, 2.75) is 13.8 Å². The average molecular weight is 277 g/mol. The SMILES string of the molecule is CC(=O)Nc1c(OC(C)=O)c2ccc(O)cc2oc1=O. The Bertz CT molecular complexity index is 761. The monoisotopic (exact) mass is 277 g/mol. The molecule has 0 saturated heterocycles. The fourth-order valence-corrected chi connectivity index (χ4v) is 1.69. The highest BCUT2D eigenvalue weighted by Gasteiger charge is 2.19. The second-order valence-corrected chi connectivity index (χ2v) is 4.05. The molecule has 20 heavy (non-hydrogen) atoms. The second kappa shape index (κ2) is 5.04. The lowest BCUT2D eigenvalue weighted by atomic mass is 10.2. The first-order valence-electron chi connectivity index (χ1n) is 5.64. The zero-order valence-electron chi connectivity index (χ0n) is 10.7. The van der Waals surface area contributed by atoms with Gasteiger partial charge in [0.05, 0.1) is 5.39 Å². The van der Waals surface area contributed by atoms with Crippen molar-refractivity contribution in [3.8, 4) is 11.5 Å². The summed E-state index contributed by atoms with van der Waals surface area (Å²) < 4.78 is 9.96. The Morgan fingerprint density at radius 1 is 1.30 bits per heavy atom. The van der Waals surface area contributed by atoms with Crippen LogP contribution >= 0.6 is 0 Å². The molecule has 0 saturated carbocycles. The number of fused-ring (bicyclic) bond motifs is 1. The van der Waals surface area contributed by atoms with E-state index in [1.54, 1.807) is 0 Å². The molecule has 0 radical (unpaired) electrons. The number of aromatic hydroxyl groups is 1. The third-order valence-electron chi connectivity index (χ3n) is 2.39. The maximum Gasteiger partial charge on any atom is 0.364 e. The maximum atomic E-state index is 11.8. The van der Waals surface area contributed by atoms with Crippen LogP contribution in [0.25, 0.3) is 11.0 Å². The summed E-state index contributed by atoms with van der Waals surface area (Å²) in [7, 11) is 0. The predicted molar refractivity (Wildman–Crippen MR) is 69.8 cm³/mol. The third-order valence-corrected chi connectivity index (χ3v) is 2.39. The molecule has 1 aromatic carbocycles. The van der Waals surface area contributed by atoms with Crippen molar-refractivity contribution < 1.29 is 23.8 Å². The highest BCUT2D eigenvalue weighted by atomic mass is 16.5. The number of nitrogens with one attached hydrogen (secondary N) is 1. The van der Waals surface area contributed by atoms with Crippen molar-refractivity contribution >= 4 is 28.5 Å². The van der Waals surface area contributed by atoms with Crippen LogP contribution in [-0.2, 0) is 9.59 Å². The van der Waals surface area contributed by atoms with E-state index in [0.29, 0.717) is 0 Å². The number of carbonyl (C=O) groups excluding carboxylic acids is 2. The Morgan fingerprint density at radius 2 is 2.00 bits per heavy atom. The average Bonchev–Trinajstić information content (AvgIpc) is 2.32. The molecular weight excluding hydrogens is 266 g/mol. The summed E-state index contributed by atoms with van der Waals surface area (Å²) in [5.74, 6) is -1.39. The molecule has 7 nitrogen and oxygen atoms in total. The number of hydrogen-bond acceptors (Lipinski definition) is 6. The smallest absolute Gasteiger partial charge is 0.364 e. The number of hydrogen-bond donors (Lipinski definition) is 2. The van der Waals surface area contributed by atoms with Crippen LogP contribution in [0.4, 0.5) is 5.69 Å². The molecule has 1 aromatic heterocycles. The zero-order valence-corrected chi connectivity index (χ0v) is 10.7. The molecule has 1 amide bonds. The molecule has 0 bridgehead atoms. The molecule has 2 N–H and O–H groups in total. The Kier molecular flexibility index (Phi) is 3.43. The van der Waals surface area contributed by atoms with Gasteiger partial charge >= 0.3 is 11.6 Å². The number of phenolic OH excluding ortho intramolecular Hbond substituents is 1. The van der Waals surface area contributed by atoms with Gasteiger partial charge in [-0.15, -0.1) is 0 Å². The highest BCUT2D eigenvalue weighted by Crippen LogP contribution is 2.32. The summed E-state index contributed by atoms with van der Waals surface area (Å²) in [5.41, 5.74) is -1.10. The molecular formula is C13H11NO6. The van der Waals surface area contributed by atoms with Gasteiger partial charge in [0.25, 0.3) is 0 Å². The lowest BCUT2D eigenvalue weighted by molar-refractivity contribution is -0.131. The van der Waals surface area contributed by atoms with Gasteiger partial charge in [0.2, 0.25) is 5.91 Å². The van der Waals surface area contributed by atoms with Crippen LogP contribution in [0.2, 0.25) is 0 Å². The summed E-state index contributed by atoms with van der Waals surface area (Å²) in [6.45, 7) is 2.37. The zero-order chi connectivity index (χ0) is 14.9. The Morgan fingerprint density at radius 3 is 2.60 bits per heavy atom. The fraction of sp³-hybridized carbons (Fsp3) is 0.154. The number of amides is 1. The lowest BCUT2D eigenvalue weighted by Gasteiger charge is -2.10. The standard InChI is InChI=1S/C13H11NO6/c1-6(15)14-11-12(19-7(2)16)9-4-3-8(17)5-10(9)20-13(11)18/h3-5,17H,1-2H3,(H,14,15). The lowest BCUT2D eigenvalue weighted by Crippen LogP contribution is -2.17. The van der Waals surface area contributed by atoms with E-state index in [-0.39, 0.29) is 28.2 Å². The van der Waals surface area contributed by atoms with E-state index in [2.05, 4.69) is 5.32 Å². The summed E-state index contributed by atoms with van der Waals surface area (Å²) >= 11 is 0. The van der Waals surface area contributed by atoms with E-state index < -0.39 is 17.5 Å². The van der Waals surface area contributed by atoms with E-state index in [0.717, 1.165) is 0 Å². The topological polar surface area (TPSA) is 106 Å². The summed E-state index contributed by atoms with van der Waals surface area (Å²) in [6.07, 6.45) is 0. The van der Waals surface area contributed by atoms with Gasteiger partial charge in [-0.05, 0) is 12.1 Å². The molecule has 0 unspecified atom stereocenters. The first kappa shape index (κ1) is 13.6. The van der Waals surface area contributed by atoms with Crippen molar-refractivity contribution in [3.05, 3.63) is 28.6 Å². The minimum absolute atomic E-state index is 0.0420. The predicted octanol–water partition coefficient (Wildman–Crippen LogP) is 1.38. The van der Waals surface area contributed by atoms with Gasteiger partial charge in [-0.3, -0.25) is 9.59 Å². The number of esters is 1. The Labute approximate surface area is 112 Å². The summed E-state index contributed by atoms with van der Waals surface area (Å²) in [6, 6.07) is 3.96. The molecule has 0 aliphatic carbocycles. The number of ether oxygens (including phenoxy) is 1. The van der Waals surface area contributed by atoms with Crippen molar-refractivity contribution in [2.24, 2.45) is 0 Å². The molecule has 104 valence electrons. The first-order valence-corrected chi connectivity index (χ1v) is 5.64. The Hall–Kier alpha value is -2.83. The minimum Gasteiger partial charge on any atom is -0.508 e. The molecule has 0 aliphatic heterocycles. The van der Waals surface area contributed by atoms with Crippen molar-refractivity contribution in [2.75, 3.05) is 5.32 Å². The molecule has 1 heterocycles. The van der Waals surface area contributed by atoms with Crippen LogP contribution in [-0.4, -0.2) is 17.0 Å². The maximum absolute atomic E-state index is 11.8. The van der Waals surface area contributed by atoms with Gasteiger partial charge in [-0.25, -0.2) is 4.79 Å². The normalized spacial score (nSPS) is 10.3. The fourth-order valence-electron chi connectivity index (χ4n) is 1.69. The minimum atomic E-state index is -0.880. The van der Waals surface area contributed by atoms with Crippen molar-refractivity contribution in [3.63, 3.8) is 0 Å². The molecule has 0 spiro atoms. The largest absolute Gasteiger partial charge is 0.508 e. The molecule has 7 heteroatoms. The van der Waals surface area contributed by atoms with Crippen molar-refractivity contribution in [1.29, 1.82) is 0 Å². The molecule has 0 atom stereocenters. The van der Waals surface area contributed by atoms with E-state index in [4.69, 9.17) is 9.15 Å². The number of phenols is 1. The van der Waals surface area contributed by atoms with Crippen LogP contribution in [0.15, 0.2) is 27.4 Å². The molecule has 0 fully saturated rings. The van der Waals surface area contributed by atoms with Crippen molar-refractivity contribution in [1.82, 2.24) is 0 Å². The van der Waals surface area contributed by atoms with E-state index >= 15 is 0 Å². The second-order valence-electron chi connectivity index (χ2n) is 4.05. The van der Waals surface area contributed by atoms with E-state index in [1.807, 2.05) is 0 Å². The van der Waals surface area contributed by atoms with Crippen LogP contribution in [0, 0.1) is 0 Å². The van der Waals surface area contributed by atoms with Gasteiger partial charge < -0.3 is 19.6 Å². The van der Waals surface area contributed by atoms with Gasteiger partial charge in [-0.1, -0.05) is 0 Å². The number of carbonyl (C=O) groups is 2. The van der Waals surface area contributed by atoms with Crippen LogP contribution < -0.4 is 15.7 Å². The van der Waals surface area contributed by atoms with Crippen LogP contribution in [0.5, 0.6) is 11.5 Å². The summed E-state index contributed by atoms with van der Waals surface area (Å²) in [5, 5.41) is 11.9. The van der Waals surface area contributed by atoms with Gasteiger partial charge in [0.15, 0.2) is 11.4 Å². The van der Waals surface area contributed by atoms with Crippen LogP contribution in [0.1, 0.15) is 13.8 Å². The molecule has 0 aliphatic rings. The molecule has 2 aromatic rings. The summed E-state index contributed by atoms with van der Waals surface area (Å²) in [4.78, 5) is 34.1. The number of benzene rings is 1. The quantitative estimate of drug-likeness (QED) is 0.634. The highest BCUT2D eigenvalue weighted by molar-refractivity contribution is 5.97. The Balaban J connectivity index is 2.79. The van der Waals surface area contributed by atoms with Gasteiger partial charge in [-0.2, -0.15) is 0 Å². The van der Waals surface area contributed by atoms with Crippen LogP contribution in [0.3, 0.4) is 0 Å². The van der Waals surface area contributed by atoms with Gasteiger partial charge in [0, 0.05) is 19.9 Å². The number of anilines is 1. The first-order chi connectivity index (χ1) is 9.38. The third kappa shape index (κ3) is 2.61.